The average Bonchev–Trinajstić information content (AvgIpc) is 3.08. The molecule has 1 aliphatic rings. The zero-order chi connectivity index (χ0) is 17.4. The lowest BCUT2D eigenvalue weighted by molar-refractivity contribution is 0.632. The number of piperazine rings is 1. The van der Waals surface area contributed by atoms with Gasteiger partial charge in [-0.05, 0) is 6.42 Å². The molecule has 0 aliphatic carbocycles. The van der Waals surface area contributed by atoms with E-state index in [0.29, 0.717) is 5.82 Å². The van der Waals surface area contributed by atoms with Gasteiger partial charge in [0.25, 0.3) is 5.56 Å². The Kier molecular flexibility index (Phi) is 3.75. The highest BCUT2D eigenvalue weighted by Gasteiger charge is 2.21. The Labute approximate surface area is 144 Å². The molecule has 4 rings (SSSR count). The molecule has 0 atom stereocenters. The molecule has 3 N–H and O–H groups in total. The molecule has 0 spiro atoms. The standard InChI is InChI=1S/C16H20N8O/c1-2-11-9-15(24-12(19-11)3-4-18-24)23-7-5-22(6-8-23)13-10-14(25)21-16(17)20-13/h3-4,9-10H,2,5-8H2,1H3,(H3,17,20,21,25). The molecule has 9 heteroatoms. The molecule has 1 fully saturated rings. The predicted octanol–water partition coefficient (Wildman–Crippen LogP) is 0.284. The number of nitrogens with two attached hydrogens (primary N) is 1. The number of hydrogen-bond donors (Lipinski definition) is 2. The minimum atomic E-state index is -0.232. The van der Waals surface area contributed by atoms with Crippen LogP contribution in [0.2, 0.25) is 0 Å². The van der Waals surface area contributed by atoms with Crippen LogP contribution < -0.4 is 21.1 Å². The number of aryl methyl sites for hydroxylation is 1. The smallest absolute Gasteiger partial charge is 0.254 e. The van der Waals surface area contributed by atoms with E-state index >= 15 is 0 Å². The van der Waals surface area contributed by atoms with E-state index in [9.17, 15) is 4.79 Å². The van der Waals surface area contributed by atoms with Crippen molar-refractivity contribution in [2.75, 3.05) is 41.7 Å². The fraction of sp³-hybridized carbons (Fsp3) is 0.375. The van der Waals surface area contributed by atoms with Gasteiger partial charge >= 0.3 is 0 Å². The van der Waals surface area contributed by atoms with E-state index in [4.69, 9.17) is 5.73 Å². The summed E-state index contributed by atoms with van der Waals surface area (Å²) in [6, 6.07) is 5.50. The maximum absolute atomic E-state index is 11.6. The van der Waals surface area contributed by atoms with Gasteiger partial charge in [0.05, 0.1) is 6.20 Å². The van der Waals surface area contributed by atoms with Crippen LogP contribution in [0.15, 0.2) is 29.2 Å². The summed E-state index contributed by atoms with van der Waals surface area (Å²) in [5, 5.41) is 4.39. The van der Waals surface area contributed by atoms with Gasteiger partial charge in [-0.15, -0.1) is 0 Å². The summed E-state index contributed by atoms with van der Waals surface area (Å²) in [6.07, 6.45) is 2.65. The van der Waals surface area contributed by atoms with E-state index in [1.807, 2.05) is 10.6 Å². The Morgan fingerprint density at radius 2 is 1.92 bits per heavy atom. The number of aromatic nitrogens is 5. The summed E-state index contributed by atoms with van der Waals surface area (Å²) in [4.78, 5) is 27.2. The Morgan fingerprint density at radius 3 is 2.64 bits per heavy atom. The fourth-order valence-electron chi connectivity index (χ4n) is 3.14. The first-order valence-corrected chi connectivity index (χ1v) is 8.34. The summed E-state index contributed by atoms with van der Waals surface area (Å²) < 4.78 is 1.87. The molecule has 0 saturated carbocycles. The van der Waals surface area contributed by atoms with Crippen molar-refractivity contribution in [1.82, 2.24) is 24.6 Å². The fourth-order valence-corrected chi connectivity index (χ4v) is 3.14. The molecule has 4 heterocycles. The van der Waals surface area contributed by atoms with Gasteiger partial charge in [-0.3, -0.25) is 9.78 Å². The van der Waals surface area contributed by atoms with Crippen molar-refractivity contribution in [3.05, 3.63) is 40.4 Å². The van der Waals surface area contributed by atoms with Crippen LogP contribution in [0, 0.1) is 0 Å². The zero-order valence-electron chi connectivity index (χ0n) is 14.0. The molecule has 9 nitrogen and oxygen atoms in total. The first kappa shape index (κ1) is 15.4. The second-order valence-electron chi connectivity index (χ2n) is 6.02. The second-order valence-corrected chi connectivity index (χ2v) is 6.02. The monoisotopic (exact) mass is 340 g/mol. The molecule has 0 bridgehead atoms. The summed E-state index contributed by atoms with van der Waals surface area (Å²) in [5.74, 6) is 1.81. The maximum atomic E-state index is 11.6. The summed E-state index contributed by atoms with van der Waals surface area (Å²) >= 11 is 0. The van der Waals surface area contributed by atoms with Crippen LogP contribution >= 0.6 is 0 Å². The minimum Gasteiger partial charge on any atom is -0.369 e. The van der Waals surface area contributed by atoms with Crippen LogP contribution in [0.5, 0.6) is 0 Å². The number of rotatable bonds is 3. The number of nitrogens with zero attached hydrogens (tertiary/aromatic N) is 6. The van der Waals surface area contributed by atoms with Gasteiger partial charge in [0.1, 0.15) is 11.6 Å². The van der Waals surface area contributed by atoms with Crippen LogP contribution in [-0.4, -0.2) is 50.7 Å². The number of fused-ring (bicyclic) bond motifs is 1. The Balaban J connectivity index is 1.58. The molecule has 1 saturated heterocycles. The van der Waals surface area contributed by atoms with Crippen molar-refractivity contribution >= 4 is 23.2 Å². The molecule has 25 heavy (non-hydrogen) atoms. The molecule has 0 unspecified atom stereocenters. The highest BCUT2D eigenvalue weighted by atomic mass is 16.1. The number of nitrogens with one attached hydrogen (secondary N) is 1. The van der Waals surface area contributed by atoms with Crippen molar-refractivity contribution in [3.63, 3.8) is 0 Å². The number of anilines is 3. The zero-order valence-corrected chi connectivity index (χ0v) is 14.0. The lowest BCUT2D eigenvalue weighted by atomic mass is 10.2. The van der Waals surface area contributed by atoms with E-state index in [-0.39, 0.29) is 11.5 Å². The predicted molar refractivity (Wildman–Crippen MR) is 96.1 cm³/mol. The lowest BCUT2D eigenvalue weighted by Gasteiger charge is -2.36. The summed E-state index contributed by atoms with van der Waals surface area (Å²) in [7, 11) is 0. The molecule has 3 aromatic heterocycles. The van der Waals surface area contributed by atoms with Crippen molar-refractivity contribution in [2.45, 2.75) is 13.3 Å². The van der Waals surface area contributed by atoms with Crippen LogP contribution in [0.1, 0.15) is 12.6 Å². The molecule has 1 aliphatic heterocycles. The third-order valence-electron chi connectivity index (χ3n) is 4.43. The van der Waals surface area contributed by atoms with Crippen LogP contribution in [0.25, 0.3) is 5.65 Å². The van der Waals surface area contributed by atoms with Gasteiger partial charge in [-0.2, -0.15) is 14.6 Å². The topological polar surface area (TPSA) is 108 Å². The largest absolute Gasteiger partial charge is 0.369 e. The van der Waals surface area contributed by atoms with Gasteiger partial charge in [0, 0.05) is 50.1 Å². The number of aromatic amines is 1. The van der Waals surface area contributed by atoms with Gasteiger partial charge in [-0.25, -0.2) is 4.98 Å². The highest BCUT2D eigenvalue weighted by Crippen LogP contribution is 2.21. The molecular weight excluding hydrogens is 320 g/mol. The molecular formula is C16H20N8O. The quantitative estimate of drug-likeness (QED) is 0.705. The van der Waals surface area contributed by atoms with Crippen molar-refractivity contribution in [1.29, 1.82) is 0 Å². The maximum Gasteiger partial charge on any atom is 0.254 e. The second kappa shape index (κ2) is 6.08. The van der Waals surface area contributed by atoms with E-state index < -0.39 is 0 Å². The summed E-state index contributed by atoms with van der Waals surface area (Å²) in [6.45, 7) is 5.21. The molecule has 3 aromatic rings. The Bertz CT molecular complexity index is 954. The van der Waals surface area contributed by atoms with E-state index in [2.05, 4.69) is 42.8 Å². The average molecular weight is 340 g/mol. The third kappa shape index (κ3) is 2.88. The molecule has 0 aromatic carbocycles. The third-order valence-corrected chi connectivity index (χ3v) is 4.43. The van der Waals surface area contributed by atoms with Gasteiger partial charge in [-0.1, -0.05) is 6.92 Å². The number of H-pyrrole nitrogens is 1. The van der Waals surface area contributed by atoms with Gasteiger partial charge in [0.2, 0.25) is 5.95 Å². The van der Waals surface area contributed by atoms with Crippen molar-refractivity contribution in [3.8, 4) is 0 Å². The van der Waals surface area contributed by atoms with Crippen LogP contribution in [0.4, 0.5) is 17.6 Å². The van der Waals surface area contributed by atoms with E-state index in [1.54, 1.807) is 6.20 Å². The van der Waals surface area contributed by atoms with Gasteiger partial charge < -0.3 is 15.5 Å². The molecule has 130 valence electrons. The lowest BCUT2D eigenvalue weighted by Crippen LogP contribution is -2.47. The first-order valence-electron chi connectivity index (χ1n) is 8.34. The van der Waals surface area contributed by atoms with Crippen LogP contribution in [0.3, 0.4) is 0 Å². The Hall–Kier alpha value is -3.10. The Morgan fingerprint density at radius 1 is 1.16 bits per heavy atom. The SMILES string of the molecule is CCc1cc(N2CCN(c3cc(=O)[nH]c(N)n3)CC2)n2nccc2n1. The summed E-state index contributed by atoms with van der Waals surface area (Å²) in [5.41, 5.74) is 7.33. The number of hydrogen-bond acceptors (Lipinski definition) is 7. The first-order chi connectivity index (χ1) is 12.1. The van der Waals surface area contributed by atoms with Crippen molar-refractivity contribution < 1.29 is 0 Å². The van der Waals surface area contributed by atoms with E-state index in [1.165, 1.54) is 6.07 Å². The number of nitrogen functional groups attached to an aromatic ring is 1. The molecule has 0 radical (unpaired) electrons. The highest BCUT2D eigenvalue weighted by molar-refractivity contribution is 5.52. The van der Waals surface area contributed by atoms with Gasteiger partial charge in [0.15, 0.2) is 5.65 Å². The molecule has 0 amide bonds. The minimum absolute atomic E-state index is 0.143. The van der Waals surface area contributed by atoms with Crippen molar-refractivity contribution in [2.24, 2.45) is 0 Å². The van der Waals surface area contributed by atoms with E-state index in [0.717, 1.165) is 49.8 Å². The van der Waals surface area contributed by atoms with Crippen LogP contribution in [-0.2, 0) is 6.42 Å². The normalized spacial score (nSPS) is 15.1.